The number of amides is 1. The summed E-state index contributed by atoms with van der Waals surface area (Å²) in [6.07, 6.45) is 0. The van der Waals surface area contributed by atoms with E-state index < -0.39 is 0 Å². The lowest BCUT2D eigenvalue weighted by atomic mass is 10.2. The zero-order valence-corrected chi connectivity index (χ0v) is 11.7. The van der Waals surface area contributed by atoms with Crippen molar-refractivity contribution in [3.05, 3.63) is 24.0 Å². The van der Waals surface area contributed by atoms with Gasteiger partial charge >= 0.3 is 0 Å². The largest absolute Gasteiger partial charge is 0.366 e. The molecule has 0 saturated carbocycles. The summed E-state index contributed by atoms with van der Waals surface area (Å²) in [5.74, 6) is 0.694. The minimum atomic E-state index is -0.318. The maximum absolute atomic E-state index is 11.7. The smallest absolute Gasteiger partial charge is 0.250 e. The summed E-state index contributed by atoms with van der Waals surface area (Å²) < 4.78 is 5.42. The number of ether oxygens (including phenoxy) is 1. The van der Waals surface area contributed by atoms with Gasteiger partial charge in [-0.1, -0.05) is 0 Å². The lowest BCUT2D eigenvalue weighted by Gasteiger charge is -2.18. The highest BCUT2D eigenvalue weighted by molar-refractivity contribution is 5.93. The second-order valence-electron chi connectivity index (χ2n) is 5.50. The first-order valence-corrected chi connectivity index (χ1v) is 6.24. The van der Waals surface area contributed by atoms with Crippen molar-refractivity contribution in [3.63, 3.8) is 0 Å². The van der Waals surface area contributed by atoms with Crippen LogP contribution in [-0.4, -0.2) is 28.1 Å². The van der Waals surface area contributed by atoms with Crippen LogP contribution in [0.15, 0.2) is 18.2 Å². The monoisotopic (exact) mass is 261 g/mol. The number of carbonyl (C=O) groups excluding carboxylic acids is 1. The first-order valence-electron chi connectivity index (χ1n) is 6.24. The van der Waals surface area contributed by atoms with Gasteiger partial charge in [-0.05, 0) is 45.9 Å². The van der Waals surface area contributed by atoms with Crippen molar-refractivity contribution in [1.29, 1.82) is 0 Å². The number of aromatic amines is 1. The molecule has 0 saturated heterocycles. The fourth-order valence-corrected chi connectivity index (χ4v) is 1.69. The number of imidazole rings is 1. The average molecular weight is 261 g/mol. The van der Waals surface area contributed by atoms with Crippen molar-refractivity contribution < 1.29 is 9.53 Å². The molecule has 0 aliphatic carbocycles. The summed E-state index contributed by atoms with van der Waals surface area (Å²) in [5, 5.41) is 2.80. The fourth-order valence-electron chi connectivity index (χ4n) is 1.69. The van der Waals surface area contributed by atoms with Crippen LogP contribution in [-0.2, 0) is 9.53 Å². The van der Waals surface area contributed by atoms with Crippen LogP contribution in [0.1, 0.15) is 26.6 Å². The van der Waals surface area contributed by atoms with E-state index >= 15 is 0 Å². The summed E-state index contributed by atoms with van der Waals surface area (Å²) in [6.45, 7) is 7.69. The molecule has 0 fully saturated rings. The predicted octanol–water partition coefficient (Wildman–Crippen LogP) is 2.62. The number of nitrogens with one attached hydrogen (secondary N) is 2. The number of nitrogens with zero attached hydrogens (tertiary/aromatic N) is 1. The van der Waals surface area contributed by atoms with Gasteiger partial charge in [-0.15, -0.1) is 0 Å². The Morgan fingerprint density at radius 1 is 1.42 bits per heavy atom. The van der Waals surface area contributed by atoms with Crippen molar-refractivity contribution in [2.24, 2.45) is 0 Å². The maximum Gasteiger partial charge on any atom is 0.250 e. The quantitative estimate of drug-likeness (QED) is 0.892. The van der Waals surface area contributed by atoms with Crippen molar-refractivity contribution in [1.82, 2.24) is 9.97 Å². The van der Waals surface area contributed by atoms with Gasteiger partial charge in [-0.2, -0.15) is 0 Å². The van der Waals surface area contributed by atoms with Crippen LogP contribution < -0.4 is 5.32 Å². The Labute approximate surface area is 112 Å². The SMILES string of the molecule is Cc1nc2ccc(NC(=O)COC(C)(C)C)cc2[nH]1. The standard InChI is InChI=1S/C14H19N3O2/c1-9-15-11-6-5-10(7-12(11)16-9)17-13(18)8-19-14(2,3)4/h5-7H,8H2,1-4H3,(H,15,16)(H,17,18). The highest BCUT2D eigenvalue weighted by atomic mass is 16.5. The Hall–Kier alpha value is -1.88. The molecule has 0 aliphatic heterocycles. The number of H-pyrrole nitrogens is 1. The molecule has 19 heavy (non-hydrogen) atoms. The average Bonchev–Trinajstić information content (AvgIpc) is 2.65. The van der Waals surface area contributed by atoms with E-state index in [4.69, 9.17) is 4.74 Å². The Bertz CT molecular complexity index is 596. The third kappa shape index (κ3) is 3.79. The molecule has 2 rings (SSSR count). The second-order valence-corrected chi connectivity index (χ2v) is 5.50. The zero-order valence-electron chi connectivity index (χ0n) is 11.7. The molecular weight excluding hydrogens is 242 g/mol. The van der Waals surface area contributed by atoms with E-state index in [2.05, 4.69) is 15.3 Å². The molecule has 0 atom stereocenters. The van der Waals surface area contributed by atoms with Crippen LogP contribution >= 0.6 is 0 Å². The molecule has 0 aliphatic rings. The van der Waals surface area contributed by atoms with Gasteiger partial charge in [0.2, 0.25) is 5.91 Å². The minimum Gasteiger partial charge on any atom is -0.366 e. The van der Waals surface area contributed by atoms with E-state index in [-0.39, 0.29) is 18.1 Å². The summed E-state index contributed by atoms with van der Waals surface area (Å²) in [5.41, 5.74) is 2.22. The van der Waals surface area contributed by atoms with E-state index in [9.17, 15) is 4.79 Å². The number of aryl methyl sites for hydroxylation is 1. The van der Waals surface area contributed by atoms with Crippen molar-refractivity contribution >= 4 is 22.6 Å². The first-order chi connectivity index (χ1) is 8.83. The lowest BCUT2D eigenvalue weighted by Crippen LogP contribution is -2.27. The summed E-state index contributed by atoms with van der Waals surface area (Å²) >= 11 is 0. The van der Waals surface area contributed by atoms with Gasteiger partial charge in [0.1, 0.15) is 12.4 Å². The number of rotatable bonds is 3. The van der Waals surface area contributed by atoms with Gasteiger partial charge in [-0.3, -0.25) is 4.79 Å². The second kappa shape index (κ2) is 5.01. The number of aromatic nitrogens is 2. The van der Waals surface area contributed by atoms with Gasteiger partial charge in [0.15, 0.2) is 0 Å². The van der Waals surface area contributed by atoms with Crippen molar-refractivity contribution in [2.45, 2.75) is 33.3 Å². The number of hydrogen-bond acceptors (Lipinski definition) is 3. The van der Waals surface area contributed by atoms with Gasteiger partial charge in [0.05, 0.1) is 16.6 Å². The highest BCUT2D eigenvalue weighted by Crippen LogP contribution is 2.17. The zero-order chi connectivity index (χ0) is 14.0. The lowest BCUT2D eigenvalue weighted by molar-refractivity contribution is -0.125. The Kier molecular flexibility index (Phi) is 3.57. The number of anilines is 1. The maximum atomic E-state index is 11.7. The molecule has 1 aromatic carbocycles. The molecular formula is C14H19N3O2. The molecule has 1 amide bonds. The first kappa shape index (κ1) is 13.5. The number of hydrogen-bond donors (Lipinski definition) is 2. The van der Waals surface area contributed by atoms with E-state index in [0.29, 0.717) is 0 Å². The van der Waals surface area contributed by atoms with Crippen LogP contribution in [0.2, 0.25) is 0 Å². The van der Waals surface area contributed by atoms with Crippen LogP contribution in [0.4, 0.5) is 5.69 Å². The van der Waals surface area contributed by atoms with E-state index in [1.54, 1.807) is 0 Å². The molecule has 2 aromatic rings. The van der Waals surface area contributed by atoms with Crippen molar-refractivity contribution in [3.8, 4) is 0 Å². The van der Waals surface area contributed by atoms with E-state index in [1.165, 1.54) is 0 Å². The normalized spacial score (nSPS) is 11.8. The molecule has 1 aromatic heterocycles. The molecule has 2 N–H and O–H groups in total. The number of carbonyl (C=O) groups is 1. The summed E-state index contributed by atoms with van der Waals surface area (Å²) in [7, 11) is 0. The summed E-state index contributed by atoms with van der Waals surface area (Å²) in [6, 6.07) is 5.57. The Balaban J connectivity index is 2.02. The molecule has 0 bridgehead atoms. The predicted molar refractivity (Wildman–Crippen MR) is 75.2 cm³/mol. The minimum absolute atomic E-state index is 0.0452. The molecule has 1 heterocycles. The Morgan fingerprint density at radius 2 is 2.16 bits per heavy atom. The number of fused-ring (bicyclic) bond motifs is 1. The summed E-state index contributed by atoms with van der Waals surface area (Å²) in [4.78, 5) is 19.2. The molecule has 0 unspecified atom stereocenters. The van der Waals surface area contributed by atoms with E-state index in [1.807, 2.05) is 45.9 Å². The van der Waals surface area contributed by atoms with Gasteiger partial charge in [0, 0.05) is 5.69 Å². The molecule has 5 nitrogen and oxygen atoms in total. The topological polar surface area (TPSA) is 67.0 Å². The van der Waals surface area contributed by atoms with Gasteiger partial charge < -0.3 is 15.0 Å². The molecule has 5 heteroatoms. The third-order valence-electron chi connectivity index (χ3n) is 2.52. The highest BCUT2D eigenvalue weighted by Gasteiger charge is 2.13. The van der Waals surface area contributed by atoms with Crippen LogP contribution in [0.3, 0.4) is 0 Å². The van der Waals surface area contributed by atoms with Gasteiger partial charge in [0.25, 0.3) is 0 Å². The molecule has 102 valence electrons. The fraction of sp³-hybridized carbons (Fsp3) is 0.429. The van der Waals surface area contributed by atoms with Crippen LogP contribution in [0, 0.1) is 6.92 Å². The molecule has 0 spiro atoms. The van der Waals surface area contributed by atoms with Gasteiger partial charge in [-0.25, -0.2) is 4.98 Å². The third-order valence-corrected chi connectivity index (χ3v) is 2.52. The van der Waals surface area contributed by atoms with E-state index in [0.717, 1.165) is 22.5 Å². The molecule has 0 radical (unpaired) electrons. The van der Waals surface area contributed by atoms with Crippen LogP contribution in [0.25, 0.3) is 11.0 Å². The number of benzene rings is 1. The Morgan fingerprint density at radius 3 is 2.84 bits per heavy atom. The van der Waals surface area contributed by atoms with Crippen molar-refractivity contribution in [2.75, 3.05) is 11.9 Å². The van der Waals surface area contributed by atoms with Crippen LogP contribution in [0.5, 0.6) is 0 Å².